The molecule has 2 amide bonds. The van der Waals surface area contributed by atoms with E-state index < -0.39 is 35.0 Å². The van der Waals surface area contributed by atoms with Gasteiger partial charge in [-0.15, -0.1) is 0 Å². The second-order valence-electron chi connectivity index (χ2n) is 13.3. The lowest BCUT2D eigenvalue weighted by atomic mass is 9.44. The highest BCUT2D eigenvalue weighted by Gasteiger charge is 2.66. The summed E-state index contributed by atoms with van der Waals surface area (Å²) in [6.07, 6.45) is 4.01. The number of para-hydroxylation sites is 1. The number of ketones is 2. The second-order valence-corrected chi connectivity index (χ2v) is 14.9. The molecule has 0 unspecified atom stereocenters. The Kier molecular flexibility index (Phi) is 8.03. The van der Waals surface area contributed by atoms with Gasteiger partial charge in [0.25, 0.3) is 0 Å². The third-order valence-electron chi connectivity index (χ3n) is 11.1. The van der Waals surface area contributed by atoms with Crippen molar-refractivity contribution in [1.29, 1.82) is 0 Å². The van der Waals surface area contributed by atoms with Gasteiger partial charge in [0, 0.05) is 21.9 Å². The molecule has 1 heterocycles. The van der Waals surface area contributed by atoms with E-state index in [0.29, 0.717) is 43.3 Å². The van der Waals surface area contributed by atoms with Gasteiger partial charge >= 0.3 is 0 Å². The van der Waals surface area contributed by atoms with Crippen molar-refractivity contribution in [3.8, 4) is 11.5 Å². The first kappa shape index (κ1) is 32.6. The van der Waals surface area contributed by atoms with Gasteiger partial charge in [0.05, 0.1) is 34.5 Å². The van der Waals surface area contributed by atoms with E-state index in [1.54, 1.807) is 30.3 Å². The number of rotatable bonds is 5. The molecule has 1 N–H and O–H groups in total. The van der Waals surface area contributed by atoms with Crippen molar-refractivity contribution >= 4 is 66.5 Å². The molecule has 50 heavy (non-hydrogen) atoms. The number of benzene rings is 4. The predicted molar refractivity (Wildman–Crippen MR) is 196 cm³/mol. The maximum atomic E-state index is 15.2. The molecular formula is C41H31Br2NO6. The van der Waals surface area contributed by atoms with E-state index in [2.05, 4.69) is 31.9 Å². The predicted octanol–water partition coefficient (Wildman–Crippen LogP) is 7.95. The van der Waals surface area contributed by atoms with Gasteiger partial charge in [-0.25, -0.2) is 0 Å². The van der Waals surface area contributed by atoms with Crippen LogP contribution in [0.15, 0.2) is 124 Å². The number of methoxy groups -OCH3 is 1. The highest BCUT2D eigenvalue weighted by Crippen LogP contribution is 2.65. The molecule has 2 fully saturated rings. The second kappa shape index (κ2) is 12.3. The molecule has 1 saturated heterocycles. The zero-order valence-corrected chi connectivity index (χ0v) is 30.1. The fraction of sp³-hybridized carbons (Fsp3) is 0.220. The third-order valence-corrected chi connectivity index (χ3v) is 13.3. The van der Waals surface area contributed by atoms with E-state index in [4.69, 9.17) is 4.74 Å². The monoisotopic (exact) mass is 791 g/mol. The number of anilines is 1. The molecule has 6 atom stereocenters. The molecule has 0 spiro atoms. The third kappa shape index (κ3) is 4.59. The molecule has 3 aliphatic carbocycles. The molecule has 4 aliphatic rings. The molecule has 0 radical (unpaired) electrons. The van der Waals surface area contributed by atoms with Gasteiger partial charge in [-0.1, -0.05) is 90.5 Å². The summed E-state index contributed by atoms with van der Waals surface area (Å²) in [5.41, 5.74) is 2.18. The maximum absolute atomic E-state index is 15.2. The van der Waals surface area contributed by atoms with E-state index in [1.807, 2.05) is 72.8 Å². The summed E-state index contributed by atoms with van der Waals surface area (Å²) in [5, 5.41) is 11.0. The van der Waals surface area contributed by atoms with Crippen molar-refractivity contribution < 1.29 is 29.0 Å². The Morgan fingerprint density at radius 3 is 2.12 bits per heavy atom. The Morgan fingerprint density at radius 1 is 0.820 bits per heavy atom. The van der Waals surface area contributed by atoms with Gasteiger partial charge < -0.3 is 9.84 Å². The van der Waals surface area contributed by atoms with Crippen LogP contribution < -0.4 is 9.64 Å². The number of fused-ring (bicyclic) bond motifs is 4. The van der Waals surface area contributed by atoms with Crippen LogP contribution in [0.3, 0.4) is 0 Å². The van der Waals surface area contributed by atoms with E-state index in [0.717, 1.165) is 5.57 Å². The molecule has 4 aromatic carbocycles. The van der Waals surface area contributed by atoms with Gasteiger partial charge in [-0.3, -0.25) is 24.1 Å². The minimum atomic E-state index is -1.42. The molecule has 250 valence electrons. The smallest absolute Gasteiger partial charge is 0.238 e. The van der Waals surface area contributed by atoms with Crippen molar-refractivity contribution in [2.45, 2.75) is 24.2 Å². The first-order valence-electron chi connectivity index (χ1n) is 16.5. The lowest BCUT2D eigenvalue weighted by Gasteiger charge is -2.55. The molecule has 7 nitrogen and oxygen atoms in total. The number of imide groups is 1. The molecule has 1 aliphatic heterocycles. The van der Waals surface area contributed by atoms with Crippen molar-refractivity contribution in [1.82, 2.24) is 0 Å². The van der Waals surface area contributed by atoms with Gasteiger partial charge in [-0.2, -0.15) is 0 Å². The topological polar surface area (TPSA) is 101 Å². The molecule has 0 bridgehead atoms. The van der Waals surface area contributed by atoms with E-state index in [9.17, 15) is 14.7 Å². The number of halogens is 2. The zero-order valence-electron chi connectivity index (χ0n) is 26.9. The summed E-state index contributed by atoms with van der Waals surface area (Å²) in [7, 11) is 1.45. The van der Waals surface area contributed by atoms with Crippen LogP contribution in [0.4, 0.5) is 5.69 Å². The van der Waals surface area contributed by atoms with E-state index >= 15 is 9.59 Å². The lowest BCUT2D eigenvalue weighted by molar-refractivity contribution is -0.135. The number of allylic oxidation sites excluding steroid dienone is 4. The number of aromatic hydroxyl groups is 1. The number of ether oxygens (including phenoxy) is 1. The normalized spacial score (nSPS) is 27.3. The zero-order chi connectivity index (χ0) is 34.9. The van der Waals surface area contributed by atoms with Gasteiger partial charge in [0.2, 0.25) is 11.8 Å². The van der Waals surface area contributed by atoms with Gasteiger partial charge in [0.1, 0.15) is 0 Å². The van der Waals surface area contributed by atoms with Crippen molar-refractivity contribution in [2.75, 3.05) is 12.0 Å². The van der Waals surface area contributed by atoms with Crippen LogP contribution in [0.5, 0.6) is 11.5 Å². The summed E-state index contributed by atoms with van der Waals surface area (Å²) >= 11 is 7.27. The van der Waals surface area contributed by atoms with Crippen LogP contribution in [0.2, 0.25) is 0 Å². The molecule has 1 saturated carbocycles. The Bertz CT molecular complexity index is 2150. The number of phenolic OH excluding ortho intramolecular Hbond substituents is 1. The minimum Gasteiger partial charge on any atom is -0.503 e. The van der Waals surface area contributed by atoms with Crippen LogP contribution in [-0.2, 0) is 24.6 Å². The highest BCUT2D eigenvalue weighted by molar-refractivity contribution is 9.13. The van der Waals surface area contributed by atoms with Crippen LogP contribution in [-0.4, -0.2) is 35.6 Å². The number of carbonyl (C=O) groups excluding carboxylic acids is 4. The fourth-order valence-corrected chi connectivity index (χ4v) is 9.98. The summed E-state index contributed by atoms with van der Waals surface area (Å²) in [6.45, 7) is 0. The molecule has 0 aromatic heterocycles. The minimum absolute atomic E-state index is 0.120. The Hall–Kier alpha value is -4.60. The number of nitrogens with zero attached hydrogens (tertiary/aromatic N) is 1. The first-order valence-corrected chi connectivity index (χ1v) is 18.1. The van der Waals surface area contributed by atoms with Crippen molar-refractivity contribution in [2.24, 2.45) is 23.7 Å². The molecule has 4 aromatic rings. The first-order chi connectivity index (χ1) is 24.2. The SMILES string of the molecule is COc1cc([C@H]2C3=CC[C@@H]4C(=O)N(c5ccccc5)C(=O)[C@@H]4[C@@H]3C[C@H]3C(=O)C(c4ccccc4)=CC(=O)[C@@]23c2ccccc2)c(Br)c(Br)c1O. The van der Waals surface area contributed by atoms with Crippen LogP contribution in [0, 0.1) is 23.7 Å². The summed E-state index contributed by atoms with van der Waals surface area (Å²) in [4.78, 5) is 60.1. The number of carbonyl (C=O) groups is 4. The lowest BCUT2D eigenvalue weighted by Crippen LogP contribution is -2.59. The quantitative estimate of drug-likeness (QED) is 0.163. The highest BCUT2D eigenvalue weighted by atomic mass is 79.9. The summed E-state index contributed by atoms with van der Waals surface area (Å²) in [6, 6.07) is 29.2. The Balaban J connectivity index is 1.41. The van der Waals surface area contributed by atoms with E-state index in [-0.39, 0.29) is 41.3 Å². The number of hydrogen-bond acceptors (Lipinski definition) is 6. The average Bonchev–Trinajstić information content (AvgIpc) is 3.41. The maximum Gasteiger partial charge on any atom is 0.238 e. The fourth-order valence-electron chi connectivity index (χ4n) is 9.03. The van der Waals surface area contributed by atoms with E-state index in [1.165, 1.54) is 18.1 Å². The van der Waals surface area contributed by atoms with Crippen LogP contribution in [0.25, 0.3) is 5.57 Å². The van der Waals surface area contributed by atoms with Crippen LogP contribution in [0.1, 0.15) is 35.4 Å². The Morgan fingerprint density at radius 2 is 1.46 bits per heavy atom. The molecule has 9 heteroatoms. The number of amides is 2. The summed E-state index contributed by atoms with van der Waals surface area (Å²) < 4.78 is 6.45. The average molecular weight is 794 g/mol. The van der Waals surface area contributed by atoms with Crippen molar-refractivity contribution in [3.63, 3.8) is 0 Å². The summed E-state index contributed by atoms with van der Waals surface area (Å²) in [5.74, 6) is -4.43. The van der Waals surface area contributed by atoms with Crippen molar-refractivity contribution in [3.05, 3.63) is 140 Å². The number of phenols is 1. The van der Waals surface area contributed by atoms with Crippen LogP contribution >= 0.6 is 31.9 Å². The number of Topliss-reactive ketones (excluding diaryl/α,β-unsaturated/α-hetero) is 1. The Labute approximate surface area is 305 Å². The molecular weight excluding hydrogens is 762 g/mol. The molecule has 8 rings (SSSR count). The van der Waals surface area contributed by atoms with Gasteiger partial charge in [0.15, 0.2) is 23.1 Å². The number of hydrogen-bond donors (Lipinski definition) is 1. The standard InChI is InChI=1S/C41H31Br2NO6/c1-50-31-20-29(35(42)36(43)38(31)47)34-25-17-18-26-33(40(49)44(39(26)48)24-15-9-4-10-16-24)28(25)19-30-37(46)27(22-11-5-2-6-12-22)21-32(45)41(30,34)23-13-7-3-8-14-23/h2-17,20-21,26,28,30,33-34,47H,18-19H2,1H3/t26-,28+,30-,33-,34+,41-/m0/s1. The van der Waals surface area contributed by atoms with Gasteiger partial charge in [-0.05, 0) is 91.6 Å². The largest absolute Gasteiger partial charge is 0.503 e.